The maximum absolute atomic E-state index is 3.89. The molecule has 0 spiro atoms. The molecule has 0 aromatic rings. The number of rotatable bonds is 7. The minimum absolute atomic E-state index is 0.461. The Hall–Kier alpha value is -0.0400. The van der Waals surface area contributed by atoms with Crippen molar-refractivity contribution in [1.82, 2.24) is 5.32 Å². The molecule has 21 heavy (non-hydrogen) atoms. The van der Waals surface area contributed by atoms with Crippen molar-refractivity contribution in [2.75, 3.05) is 6.54 Å². The van der Waals surface area contributed by atoms with E-state index in [-0.39, 0.29) is 0 Å². The molecule has 1 fully saturated rings. The minimum atomic E-state index is 0.461. The topological polar surface area (TPSA) is 12.0 Å². The molecule has 1 nitrogen and oxygen atoms in total. The van der Waals surface area contributed by atoms with E-state index in [1.54, 1.807) is 0 Å². The van der Waals surface area contributed by atoms with Gasteiger partial charge in [-0.15, -0.1) is 0 Å². The van der Waals surface area contributed by atoms with E-state index in [0.29, 0.717) is 5.41 Å². The van der Waals surface area contributed by atoms with Crippen molar-refractivity contribution < 1.29 is 0 Å². The maximum Gasteiger partial charge on any atom is 0.00979 e. The van der Waals surface area contributed by atoms with Crippen molar-refractivity contribution in [3.05, 3.63) is 0 Å². The van der Waals surface area contributed by atoms with Crippen molar-refractivity contribution in [1.29, 1.82) is 0 Å². The Morgan fingerprint density at radius 1 is 1.10 bits per heavy atom. The van der Waals surface area contributed by atoms with Gasteiger partial charge >= 0.3 is 0 Å². The van der Waals surface area contributed by atoms with Crippen LogP contribution in [0.1, 0.15) is 87.0 Å². The molecule has 0 aliphatic heterocycles. The zero-order chi connectivity index (χ0) is 16.0. The Kier molecular flexibility index (Phi) is 7.74. The molecule has 0 amide bonds. The average molecular weight is 296 g/mol. The van der Waals surface area contributed by atoms with E-state index >= 15 is 0 Å². The Balaban J connectivity index is 2.58. The van der Waals surface area contributed by atoms with E-state index in [0.717, 1.165) is 29.7 Å². The summed E-state index contributed by atoms with van der Waals surface area (Å²) in [5, 5.41) is 3.89. The zero-order valence-electron chi connectivity index (χ0n) is 15.8. The van der Waals surface area contributed by atoms with Gasteiger partial charge in [-0.2, -0.15) is 0 Å². The molecule has 0 saturated heterocycles. The molecule has 1 N–H and O–H groups in total. The molecule has 1 aliphatic carbocycles. The molecule has 0 bridgehead atoms. The van der Waals surface area contributed by atoms with Crippen LogP contribution in [0.15, 0.2) is 0 Å². The summed E-state index contributed by atoms with van der Waals surface area (Å²) in [5.74, 6) is 3.58. The zero-order valence-corrected chi connectivity index (χ0v) is 15.8. The number of hydrogen-bond acceptors (Lipinski definition) is 1. The first-order valence-electron chi connectivity index (χ1n) is 9.46. The van der Waals surface area contributed by atoms with Crippen LogP contribution < -0.4 is 5.32 Å². The lowest BCUT2D eigenvalue weighted by molar-refractivity contribution is 0.151. The maximum atomic E-state index is 3.89. The molecule has 1 saturated carbocycles. The van der Waals surface area contributed by atoms with Gasteiger partial charge in [0.1, 0.15) is 0 Å². The highest BCUT2D eigenvalue weighted by Gasteiger charge is 2.31. The molecule has 5 atom stereocenters. The highest BCUT2D eigenvalue weighted by Crippen LogP contribution is 2.37. The molecule has 5 unspecified atom stereocenters. The van der Waals surface area contributed by atoms with Crippen LogP contribution in [0, 0.1) is 29.1 Å². The molecule has 1 aliphatic rings. The molecular weight excluding hydrogens is 254 g/mol. The van der Waals surface area contributed by atoms with Gasteiger partial charge in [-0.3, -0.25) is 0 Å². The molecule has 0 radical (unpaired) electrons. The van der Waals surface area contributed by atoms with Gasteiger partial charge < -0.3 is 5.32 Å². The van der Waals surface area contributed by atoms with Gasteiger partial charge in [-0.05, 0) is 67.7 Å². The van der Waals surface area contributed by atoms with Crippen LogP contribution in [0.2, 0.25) is 0 Å². The summed E-state index contributed by atoms with van der Waals surface area (Å²) in [6.07, 6.45) is 8.27. The summed E-state index contributed by atoms with van der Waals surface area (Å²) < 4.78 is 0. The van der Waals surface area contributed by atoms with Gasteiger partial charge in [-0.25, -0.2) is 0 Å². The summed E-state index contributed by atoms with van der Waals surface area (Å²) >= 11 is 0. The third kappa shape index (κ3) is 7.17. The Labute approximate surface area is 134 Å². The summed E-state index contributed by atoms with van der Waals surface area (Å²) in [4.78, 5) is 0. The van der Waals surface area contributed by atoms with E-state index in [4.69, 9.17) is 0 Å². The molecular formula is C20H41N. The second kappa shape index (κ2) is 8.56. The van der Waals surface area contributed by atoms with Gasteiger partial charge in [0.05, 0.1) is 0 Å². The third-order valence-electron chi connectivity index (χ3n) is 5.48. The Bertz CT molecular complexity index is 278. The fourth-order valence-electron chi connectivity index (χ4n) is 4.29. The van der Waals surface area contributed by atoms with Crippen molar-refractivity contribution in [2.24, 2.45) is 29.1 Å². The van der Waals surface area contributed by atoms with Crippen molar-refractivity contribution in [3.8, 4) is 0 Å². The van der Waals surface area contributed by atoms with E-state index in [9.17, 15) is 0 Å². The van der Waals surface area contributed by atoms with Crippen LogP contribution in [-0.4, -0.2) is 12.6 Å². The summed E-state index contributed by atoms with van der Waals surface area (Å²) in [6, 6.07) is 0.747. The van der Waals surface area contributed by atoms with Crippen LogP contribution in [0.5, 0.6) is 0 Å². The van der Waals surface area contributed by atoms with Crippen LogP contribution in [0.4, 0.5) is 0 Å². The van der Waals surface area contributed by atoms with Gasteiger partial charge in [0.2, 0.25) is 0 Å². The predicted molar refractivity (Wildman–Crippen MR) is 95.6 cm³/mol. The van der Waals surface area contributed by atoms with Crippen molar-refractivity contribution >= 4 is 0 Å². The van der Waals surface area contributed by atoms with Crippen LogP contribution in [0.25, 0.3) is 0 Å². The number of hydrogen-bond donors (Lipinski definition) is 1. The SMILES string of the molecule is CCCNC(CC(C)CC(C)(C)C)C1CCC(C)C(C)C1. The molecule has 0 aromatic carbocycles. The van der Waals surface area contributed by atoms with Crippen LogP contribution >= 0.6 is 0 Å². The van der Waals surface area contributed by atoms with Gasteiger partial charge in [-0.1, -0.05) is 54.9 Å². The quantitative estimate of drug-likeness (QED) is 0.617. The van der Waals surface area contributed by atoms with E-state index < -0.39 is 0 Å². The first-order chi connectivity index (χ1) is 9.73. The van der Waals surface area contributed by atoms with Crippen molar-refractivity contribution in [2.45, 2.75) is 93.0 Å². The second-order valence-corrected chi connectivity index (χ2v) is 9.19. The van der Waals surface area contributed by atoms with Gasteiger partial charge in [0.25, 0.3) is 0 Å². The lowest BCUT2D eigenvalue weighted by Gasteiger charge is -2.38. The standard InChI is InChI=1S/C20H41N/c1-8-11-21-19(12-15(2)14-20(5,6)7)18-10-9-16(3)17(4)13-18/h15-19,21H,8-14H2,1-7H3. The van der Waals surface area contributed by atoms with Crippen LogP contribution in [0.3, 0.4) is 0 Å². The largest absolute Gasteiger partial charge is 0.314 e. The van der Waals surface area contributed by atoms with Gasteiger partial charge in [0.15, 0.2) is 0 Å². The molecule has 1 heteroatoms. The third-order valence-corrected chi connectivity index (χ3v) is 5.48. The fourth-order valence-corrected chi connectivity index (χ4v) is 4.29. The summed E-state index contributed by atoms with van der Waals surface area (Å²) in [5.41, 5.74) is 0.461. The lowest BCUT2D eigenvalue weighted by Crippen LogP contribution is -2.41. The Morgan fingerprint density at radius 3 is 2.29 bits per heavy atom. The Morgan fingerprint density at radius 2 is 1.76 bits per heavy atom. The smallest absolute Gasteiger partial charge is 0.00979 e. The molecule has 1 rings (SSSR count). The van der Waals surface area contributed by atoms with E-state index in [1.807, 2.05) is 0 Å². The summed E-state index contributed by atoms with van der Waals surface area (Å²) in [6.45, 7) is 18.0. The first-order valence-corrected chi connectivity index (χ1v) is 9.46. The molecule has 126 valence electrons. The molecule has 0 aromatic heterocycles. The lowest BCUT2D eigenvalue weighted by atomic mass is 9.71. The first kappa shape index (κ1) is 19.0. The fraction of sp³-hybridized carbons (Fsp3) is 1.00. The van der Waals surface area contributed by atoms with Crippen LogP contribution in [-0.2, 0) is 0 Å². The molecule has 0 heterocycles. The van der Waals surface area contributed by atoms with E-state index in [1.165, 1.54) is 45.1 Å². The van der Waals surface area contributed by atoms with Crippen molar-refractivity contribution in [3.63, 3.8) is 0 Å². The highest BCUT2D eigenvalue weighted by molar-refractivity contribution is 4.85. The minimum Gasteiger partial charge on any atom is -0.314 e. The van der Waals surface area contributed by atoms with E-state index in [2.05, 4.69) is 53.8 Å². The normalized spacial score (nSPS) is 30.1. The number of nitrogens with one attached hydrogen (secondary N) is 1. The van der Waals surface area contributed by atoms with Gasteiger partial charge in [0, 0.05) is 6.04 Å². The monoisotopic (exact) mass is 295 g/mol. The predicted octanol–water partition coefficient (Wildman–Crippen LogP) is 5.89. The highest BCUT2D eigenvalue weighted by atomic mass is 14.9. The summed E-state index contributed by atoms with van der Waals surface area (Å²) in [7, 11) is 0. The average Bonchev–Trinajstić information content (AvgIpc) is 2.35. The second-order valence-electron chi connectivity index (χ2n) is 9.19.